The molecule has 0 radical (unpaired) electrons. The van der Waals surface area contributed by atoms with E-state index >= 15 is 0 Å². The van der Waals surface area contributed by atoms with Crippen LogP contribution in [0, 0.1) is 0 Å². The van der Waals surface area contributed by atoms with Gasteiger partial charge in [-0.05, 0) is 30.3 Å². The van der Waals surface area contributed by atoms with Crippen molar-refractivity contribution in [3.05, 3.63) is 42.1 Å². The van der Waals surface area contributed by atoms with Crippen LogP contribution in [0.5, 0.6) is 5.75 Å². The van der Waals surface area contributed by atoms with E-state index in [4.69, 9.17) is 10.2 Å². The summed E-state index contributed by atoms with van der Waals surface area (Å²) < 4.78 is 0. The number of benzene rings is 1. The van der Waals surface area contributed by atoms with Crippen LogP contribution < -0.4 is 0 Å². The van der Waals surface area contributed by atoms with Crippen LogP contribution in [0.25, 0.3) is 11.3 Å². The lowest BCUT2D eigenvalue weighted by molar-refractivity contribution is 0.0696. The van der Waals surface area contributed by atoms with Crippen molar-refractivity contribution in [1.29, 1.82) is 0 Å². The molecule has 0 amide bonds. The molecule has 0 saturated carbocycles. The van der Waals surface area contributed by atoms with Crippen molar-refractivity contribution in [1.82, 2.24) is 10.2 Å². The second-order valence-electron chi connectivity index (χ2n) is 3.18. The Morgan fingerprint density at radius 1 is 1.19 bits per heavy atom. The minimum atomic E-state index is -1.05. The second-order valence-corrected chi connectivity index (χ2v) is 3.18. The van der Waals surface area contributed by atoms with E-state index in [0.29, 0.717) is 11.3 Å². The number of carbonyl (C=O) groups is 1. The Hall–Kier alpha value is -2.43. The van der Waals surface area contributed by atoms with Crippen molar-refractivity contribution in [3.63, 3.8) is 0 Å². The van der Waals surface area contributed by atoms with Crippen molar-refractivity contribution in [2.24, 2.45) is 0 Å². The van der Waals surface area contributed by atoms with Gasteiger partial charge in [0.2, 0.25) is 0 Å². The third kappa shape index (κ3) is 1.98. The van der Waals surface area contributed by atoms with Crippen LogP contribution in [-0.4, -0.2) is 26.4 Å². The zero-order chi connectivity index (χ0) is 11.5. The second kappa shape index (κ2) is 3.98. The van der Waals surface area contributed by atoms with Crippen LogP contribution in [-0.2, 0) is 0 Å². The number of rotatable bonds is 2. The summed E-state index contributed by atoms with van der Waals surface area (Å²) in [7, 11) is 0. The fourth-order valence-corrected chi connectivity index (χ4v) is 1.26. The highest BCUT2D eigenvalue weighted by molar-refractivity contribution is 5.88. The van der Waals surface area contributed by atoms with Gasteiger partial charge in [-0.25, -0.2) is 4.79 Å². The lowest BCUT2D eigenvalue weighted by Crippen LogP contribution is -1.99. The first-order chi connectivity index (χ1) is 7.66. The summed E-state index contributed by atoms with van der Waals surface area (Å²) in [6, 6.07) is 7.73. The Morgan fingerprint density at radius 2 is 1.88 bits per heavy atom. The lowest BCUT2D eigenvalue weighted by atomic mass is 10.1. The Labute approximate surface area is 91.0 Å². The van der Waals surface area contributed by atoms with E-state index in [1.165, 1.54) is 24.4 Å². The molecule has 0 spiro atoms. The predicted octanol–water partition coefficient (Wildman–Crippen LogP) is 1.55. The van der Waals surface area contributed by atoms with E-state index in [1.807, 2.05) is 0 Å². The van der Waals surface area contributed by atoms with Crippen LogP contribution in [0.4, 0.5) is 0 Å². The zero-order valence-electron chi connectivity index (χ0n) is 8.16. The monoisotopic (exact) mass is 216 g/mol. The van der Waals surface area contributed by atoms with Gasteiger partial charge in [0.15, 0.2) is 0 Å². The van der Waals surface area contributed by atoms with Crippen molar-refractivity contribution in [3.8, 4) is 17.0 Å². The Balaban J connectivity index is 2.44. The molecule has 80 valence electrons. The number of nitrogens with zero attached hydrogens (tertiary/aromatic N) is 2. The molecule has 5 nitrogen and oxygen atoms in total. The maximum atomic E-state index is 10.7. The highest BCUT2D eigenvalue weighted by Gasteiger charge is 2.06. The van der Waals surface area contributed by atoms with Gasteiger partial charge >= 0.3 is 5.97 Å². The lowest BCUT2D eigenvalue weighted by Gasteiger charge is -2.00. The fourth-order valence-electron chi connectivity index (χ4n) is 1.26. The van der Waals surface area contributed by atoms with Crippen LogP contribution in [0.3, 0.4) is 0 Å². The summed E-state index contributed by atoms with van der Waals surface area (Å²) in [4.78, 5) is 10.7. The molecule has 0 aliphatic heterocycles. The first kappa shape index (κ1) is 10.1. The van der Waals surface area contributed by atoms with Gasteiger partial charge in [0.05, 0.1) is 17.5 Å². The van der Waals surface area contributed by atoms with Gasteiger partial charge < -0.3 is 10.2 Å². The smallest absolute Gasteiger partial charge is 0.337 e. The van der Waals surface area contributed by atoms with E-state index < -0.39 is 5.97 Å². The molecule has 1 heterocycles. The minimum absolute atomic E-state index is 0.0816. The first-order valence-electron chi connectivity index (χ1n) is 4.52. The van der Waals surface area contributed by atoms with Crippen molar-refractivity contribution in [2.75, 3.05) is 0 Å². The van der Waals surface area contributed by atoms with Crippen LogP contribution >= 0.6 is 0 Å². The molecule has 5 heteroatoms. The summed E-state index contributed by atoms with van der Waals surface area (Å²) in [5, 5.41) is 25.3. The summed E-state index contributed by atoms with van der Waals surface area (Å²) in [5.41, 5.74) is 1.24. The van der Waals surface area contributed by atoms with Gasteiger partial charge in [0.1, 0.15) is 5.75 Å². The molecule has 1 aromatic carbocycles. The van der Waals surface area contributed by atoms with Gasteiger partial charge in [0.25, 0.3) is 0 Å². The minimum Gasteiger partial charge on any atom is -0.508 e. The number of aromatic hydroxyl groups is 1. The molecule has 0 bridgehead atoms. The average Bonchev–Trinajstić information content (AvgIpc) is 2.30. The number of phenolic OH excluding ortho intramolecular Hbond substituents is 1. The maximum absolute atomic E-state index is 10.7. The third-order valence-corrected chi connectivity index (χ3v) is 2.06. The fraction of sp³-hybridized carbons (Fsp3) is 0. The van der Waals surface area contributed by atoms with Crippen LogP contribution in [0.1, 0.15) is 10.4 Å². The molecule has 2 aromatic rings. The van der Waals surface area contributed by atoms with Gasteiger partial charge in [-0.1, -0.05) is 0 Å². The molecule has 1 aromatic heterocycles. The Kier molecular flexibility index (Phi) is 2.51. The summed E-state index contributed by atoms with van der Waals surface area (Å²) in [6.45, 7) is 0. The molecule has 16 heavy (non-hydrogen) atoms. The number of aromatic nitrogens is 2. The molecule has 0 saturated heterocycles. The number of phenols is 1. The molecule has 0 atom stereocenters. The number of hydrogen-bond acceptors (Lipinski definition) is 4. The van der Waals surface area contributed by atoms with E-state index in [0.717, 1.165) is 0 Å². The van der Waals surface area contributed by atoms with Crippen LogP contribution in [0.15, 0.2) is 36.5 Å². The molecule has 0 unspecified atom stereocenters. The van der Waals surface area contributed by atoms with E-state index in [1.54, 1.807) is 12.1 Å². The number of hydrogen-bond donors (Lipinski definition) is 2. The van der Waals surface area contributed by atoms with Crippen molar-refractivity contribution in [2.45, 2.75) is 0 Å². The highest BCUT2D eigenvalue weighted by atomic mass is 16.4. The Morgan fingerprint density at radius 3 is 2.50 bits per heavy atom. The van der Waals surface area contributed by atoms with Gasteiger partial charge in [-0.15, -0.1) is 0 Å². The summed E-state index contributed by atoms with van der Waals surface area (Å²) in [6.07, 6.45) is 1.19. The highest BCUT2D eigenvalue weighted by Crippen LogP contribution is 2.19. The number of carboxylic acid groups (broad SMARTS) is 1. The predicted molar refractivity (Wildman–Crippen MR) is 56.1 cm³/mol. The molecule has 0 aliphatic rings. The standard InChI is InChI=1S/C11H8N2O3/c14-9-3-1-7(2-4-9)10-5-8(11(15)16)6-12-13-10/h1-6,14H,(H,15,16). The molecule has 0 fully saturated rings. The molecule has 0 aliphatic carbocycles. The zero-order valence-corrected chi connectivity index (χ0v) is 8.16. The molecular formula is C11H8N2O3. The Bertz CT molecular complexity index is 523. The van der Waals surface area contributed by atoms with Crippen molar-refractivity contribution < 1.29 is 15.0 Å². The number of carboxylic acids is 1. The van der Waals surface area contributed by atoms with E-state index in [-0.39, 0.29) is 11.3 Å². The van der Waals surface area contributed by atoms with Gasteiger partial charge in [-0.2, -0.15) is 10.2 Å². The molecule has 2 N–H and O–H groups in total. The normalized spacial score (nSPS) is 10.0. The quantitative estimate of drug-likeness (QED) is 0.795. The SMILES string of the molecule is O=C(O)c1cnnc(-c2ccc(O)cc2)c1. The maximum Gasteiger partial charge on any atom is 0.337 e. The van der Waals surface area contributed by atoms with E-state index in [2.05, 4.69) is 10.2 Å². The topological polar surface area (TPSA) is 83.3 Å². The molecule has 2 rings (SSSR count). The summed E-state index contributed by atoms with van der Waals surface area (Å²) >= 11 is 0. The van der Waals surface area contributed by atoms with Gasteiger partial charge in [0, 0.05) is 5.56 Å². The third-order valence-electron chi connectivity index (χ3n) is 2.06. The average molecular weight is 216 g/mol. The van der Waals surface area contributed by atoms with E-state index in [9.17, 15) is 4.79 Å². The number of aromatic carboxylic acids is 1. The van der Waals surface area contributed by atoms with Gasteiger partial charge in [-0.3, -0.25) is 0 Å². The van der Waals surface area contributed by atoms with Crippen molar-refractivity contribution >= 4 is 5.97 Å². The first-order valence-corrected chi connectivity index (χ1v) is 4.52. The molecular weight excluding hydrogens is 208 g/mol. The largest absolute Gasteiger partial charge is 0.508 e. The van der Waals surface area contributed by atoms with Crippen LogP contribution in [0.2, 0.25) is 0 Å². The summed E-state index contributed by atoms with van der Waals surface area (Å²) in [5.74, 6) is -0.902.